The van der Waals surface area contributed by atoms with Gasteiger partial charge in [0.05, 0.1) is 12.2 Å². The number of piperazine rings is 1. The van der Waals surface area contributed by atoms with Crippen LogP contribution in [0.2, 0.25) is 5.02 Å². The summed E-state index contributed by atoms with van der Waals surface area (Å²) in [5, 5.41) is 0.627. The quantitative estimate of drug-likeness (QED) is 0.791. The van der Waals surface area contributed by atoms with E-state index in [0.717, 1.165) is 11.3 Å². The van der Waals surface area contributed by atoms with E-state index in [4.69, 9.17) is 16.3 Å². The minimum Gasteiger partial charge on any atom is -0.492 e. The lowest BCUT2D eigenvalue weighted by atomic mass is 9.95. The van der Waals surface area contributed by atoms with Gasteiger partial charge in [-0.1, -0.05) is 11.6 Å². The molecule has 2 aliphatic heterocycles. The lowest BCUT2D eigenvalue weighted by Crippen LogP contribution is -2.52. The first-order valence-electron chi connectivity index (χ1n) is 7.50. The summed E-state index contributed by atoms with van der Waals surface area (Å²) in [6.45, 7) is 1.89. The number of amides is 1. The van der Waals surface area contributed by atoms with Crippen LogP contribution in [0.4, 0.5) is 0 Å². The number of nitrogens with zero attached hydrogens (tertiary/aromatic N) is 2. The van der Waals surface area contributed by atoms with Gasteiger partial charge in [-0.2, -0.15) is 4.31 Å². The average Bonchev–Trinajstić information content (AvgIpc) is 2.52. The molecule has 1 unspecified atom stereocenters. The van der Waals surface area contributed by atoms with Crippen LogP contribution < -0.4 is 4.74 Å². The van der Waals surface area contributed by atoms with Crippen LogP contribution in [0.3, 0.4) is 0 Å². The number of hydrogen-bond acceptors (Lipinski definition) is 4. The minimum absolute atomic E-state index is 0.0174. The van der Waals surface area contributed by atoms with Crippen molar-refractivity contribution in [3.63, 3.8) is 0 Å². The van der Waals surface area contributed by atoms with Gasteiger partial charge in [0.15, 0.2) is 0 Å². The zero-order valence-electron chi connectivity index (χ0n) is 12.9. The molecule has 2 heterocycles. The predicted molar refractivity (Wildman–Crippen MR) is 87.1 cm³/mol. The van der Waals surface area contributed by atoms with E-state index in [0.29, 0.717) is 44.2 Å². The van der Waals surface area contributed by atoms with Crippen LogP contribution in [0.5, 0.6) is 5.75 Å². The number of carbonyl (C=O) groups excluding carboxylic acids is 1. The van der Waals surface area contributed by atoms with E-state index in [1.165, 1.54) is 10.6 Å². The fraction of sp³-hybridized carbons (Fsp3) is 0.533. The monoisotopic (exact) mass is 358 g/mol. The first kappa shape index (κ1) is 16.5. The van der Waals surface area contributed by atoms with Gasteiger partial charge in [0.1, 0.15) is 12.4 Å². The van der Waals surface area contributed by atoms with E-state index in [9.17, 15) is 13.2 Å². The Morgan fingerprint density at radius 3 is 2.61 bits per heavy atom. The average molecular weight is 359 g/mol. The summed E-state index contributed by atoms with van der Waals surface area (Å²) in [7, 11) is -3.19. The lowest BCUT2D eigenvalue weighted by Gasteiger charge is -2.36. The zero-order chi connectivity index (χ0) is 16.6. The molecule has 1 saturated heterocycles. The molecule has 1 amide bonds. The van der Waals surface area contributed by atoms with Gasteiger partial charge in [-0.3, -0.25) is 4.79 Å². The molecule has 0 radical (unpaired) electrons. The summed E-state index contributed by atoms with van der Waals surface area (Å²) >= 11 is 6.00. The molecule has 126 valence electrons. The molecular weight excluding hydrogens is 340 g/mol. The van der Waals surface area contributed by atoms with Crippen molar-refractivity contribution in [2.24, 2.45) is 5.92 Å². The summed E-state index contributed by atoms with van der Waals surface area (Å²) in [5.41, 5.74) is 0.942. The van der Waals surface area contributed by atoms with Gasteiger partial charge < -0.3 is 9.64 Å². The van der Waals surface area contributed by atoms with Gasteiger partial charge in [0.25, 0.3) is 0 Å². The number of halogens is 1. The number of ether oxygens (including phenoxy) is 1. The van der Waals surface area contributed by atoms with Gasteiger partial charge in [0, 0.05) is 31.2 Å². The van der Waals surface area contributed by atoms with E-state index in [2.05, 4.69) is 0 Å². The molecule has 0 aliphatic carbocycles. The predicted octanol–water partition coefficient (Wildman–Crippen LogP) is 0.995. The van der Waals surface area contributed by atoms with Crippen LogP contribution in [0.1, 0.15) is 5.56 Å². The van der Waals surface area contributed by atoms with Gasteiger partial charge in [-0.05, 0) is 30.2 Å². The van der Waals surface area contributed by atoms with Gasteiger partial charge >= 0.3 is 0 Å². The molecule has 2 aliphatic rings. The Morgan fingerprint density at radius 1 is 1.26 bits per heavy atom. The topological polar surface area (TPSA) is 66.9 Å². The second kappa shape index (κ2) is 6.30. The van der Waals surface area contributed by atoms with Gasteiger partial charge in [-0.15, -0.1) is 0 Å². The third kappa shape index (κ3) is 3.62. The smallest absolute Gasteiger partial charge is 0.229 e. The highest BCUT2D eigenvalue weighted by atomic mass is 35.5. The van der Waals surface area contributed by atoms with Crippen LogP contribution >= 0.6 is 11.6 Å². The van der Waals surface area contributed by atoms with Crippen molar-refractivity contribution in [3.8, 4) is 5.75 Å². The van der Waals surface area contributed by atoms with Crippen molar-refractivity contribution in [1.29, 1.82) is 0 Å². The first-order chi connectivity index (χ1) is 10.8. The van der Waals surface area contributed by atoms with E-state index >= 15 is 0 Å². The number of fused-ring (bicyclic) bond motifs is 1. The lowest BCUT2D eigenvalue weighted by molar-refractivity contribution is -0.138. The van der Waals surface area contributed by atoms with Crippen molar-refractivity contribution < 1.29 is 17.9 Å². The largest absolute Gasteiger partial charge is 0.492 e. The highest BCUT2D eigenvalue weighted by Gasteiger charge is 2.32. The second-order valence-electron chi connectivity index (χ2n) is 5.95. The van der Waals surface area contributed by atoms with Crippen molar-refractivity contribution in [2.45, 2.75) is 6.42 Å². The summed E-state index contributed by atoms with van der Waals surface area (Å²) in [4.78, 5) is 14.4. The maximum atomic E-state index is 12.6. The first-order valence-corrected chi connectivity index (χ1v) is 9.72. The molecule has 3 rings (SSSR count). The molecule has 0 bridgehead atoms. The molecule has 8 heteroatoms. The Balaban J connectivity index is 1.64. The summed E-state index contributed by atoms with van der Waals surface area (Å²) in [5.74, 6) is 0.551. The standard InChI is InChI=1S/C15H19ClN2O4S/c1-23(20,21)18-6-4-17(5-7-18)15(19)12-8-11-9-13(16)2-3-14(11)22-10-12/h2-3,9,12H,4-8,10H2,1H3. The van der Waals surface area contributed by atoms with Gasteiger partial charge in [0.2, 0.25) is 15.9 Å². The Bertz CT molecular complexity index is 714. The highest BCUT2D eigenvalue weighted by Crippen LogP contribution is 2.30. The Morgan fingerprint density at radius 2 is 1.96 bits per heavy atom. The molecule has 1 aromatic carbocycles. The molecular formula is C15H19ClN2O4S. The van der Waals surface area contributed by atoms with Crippen molar-refractivity contribution in [3.05, 3.63) is 28.8 Å². The minimum atomic E-state index is -3.19. The van der Waals surface area contributed by atoms with Gasteiger partial charge in [-0.25, -0.2) is 8.42 Å². The number of rotatable bonds is 2. The third-order valence-corrected chi connectivity index (χ3v) is 5.84. The van der Waals surface area contributed by atoms with Crippen molar-refractivity contribution in [1.82, 2.24) is 9.21 Å². The summed E-state index contributed by atoms with van der Waals surface area (Å²) in [6.07, 6.45) is 1.79. The molecule has 1 atom stereocenters. The fourth-order valence-corrected chi connectivity index (χ4v) is 4.04. The van der Waals surface area contributed by atoms with Crippen molar-refractivity contribution >= 4 is 27.5 Å². The molecule has 1 aromatic rings. The van der Waals surface area contributed by atoms with E-state index in [1.807, 2.05) is 12.1 Å². The number of benzene rings is 1. The Kier molecular flexibility index (Phi) is 4.53. The van der Waals surface area contributed by atoms with Crippen LogP contribution in [0.25, 0.3) is 0 Å². The SMILES string of the molecule is CS(=O)(=O)N1CCN(C(=O)C2COc3ccc(Cl)cc3C2)CC1. The number of sulfonamides is 1. The van der Waals surface area contributed by atoms with Crippen LogP contribution in [0, 0.1) is 5.92 Å². The van der Waals surface area contributed by atoms with E-state index < -0.39 is 10.0 Å². The molecule has 0 N–H and O–H groups in total. The summed E-state index contributed by atoms with van der Waals surface area (Å²) in [6, 6.07) is 5.42. The van der Waals surface area contributed by atoms with Crippen LogP contribution in [-0.4, -0.2) is 62.6 Å². The number of carbonyl (C=O) groups is 1. The Labute approximate surface area is 141 Å². The number of hydrogen-bond donors (Lipinski definition) is 0. The molecule has 0 spiro atoms. The van der Waals surface area contributed by atoms with Crippen LogP contribution in [-0.2, 0) is 21.2 Å². The highest BCUT2D eigenvalue weighted by molar-refractivity contribution is 7.88. The second-order valence-corrected chi connectivity index (χ2v) is 8.37. The van der Waals surface area contributed by atoms with Crippen molar-refractivity contribution in [2.75, 3.05) is 39.0 Å². The molecule has 0 saturated carbocycles. The fourth-order valence-electron chi connectivity index (χ4n) is 3.02. The van der Waals surface area contributed by atoms with E-state index in [1.54, 1.807) is 11.0 Å². The van der Waals surface area contributed by atoms with E-state index in [-0.39, 0.29) is 11.8 Å². The normalized spacial score (nSPS) is 22.3. The molecule has 1 fully saturated rings. The van der Waals surface area contributed by atoms with Crippen LogP contribution in [0.15, 0.2) is 18.2 Å². The molecule has 6 nitrogen and oxygen atoms in total. The maximum Gasteiger partial charge on any atom is 0.229 e. The third-order valence-electron chi connectivity index (χ3n) is 4.30. The Hall–Kier alpha value is -1.31. The maximum absolute atomic E-state index is 12.6. The zero-order valence-corrected chi connectivity index (χ0v) is 14.4. The summed E-state index contributed by atoms with van der Waals surface area (Å²) < 4.78 is 30.1. The molecule has 0 aromatic heterocycles. The molecule has 23 heavy (non-hydrogen) atoms.